The third kappa shape index (κ3) is 3.62. The van der Waals surface area contributed by atoms with Gasteiger partial charge in [0.2, 0.25) is 5.91 Å². The van der Waals surface area contributed by atoms with Crippen molar-refractivity contribution in [2.24, 2.45) is 0 Å². The van der Waals surface area contributed by atoms with Crippen LogP contribution < -0.4 is 5.32 Å². The first kappa shape index (κ1) is 15.8. The summed E-state index contributed by atoms with van der Waals surface area (Å²) >= 11 is 0. The van der Waals surface area contributed by atoms with Crippen molar-refractivity contribution >= 4 is 11.7 Å². The molecule has 24 heavy (non-hydrogen) atoms. The van der Waals surface area contributed by atoms with Crippen LogP contribution in [-0.2, 0) is 11.2 Å². The van der Waals surface area contributed by atoms with Gasteiger partial charge in [0.1, 0.15) is 18.0 Å². The number of aromatic nitrogens is 4. The zero-order valence-electron chi connectivity index (χ0n) is 13.3. The van der Waals surface area contributed by atoms with Crippen LogP contribution in [0.2, 0.25) is 0 Å². The molecule has 3 rings (SSSR count). The maximum absolute atomic E-state index is 12.9. The topological polar surface area (TPSA) is 72.7 Å². The van der Waals surface area contributed by atoms with E-state index in [1.165, 1.54) is 18.5 Å². The van der Waals surface area contributed by atoms with E-state index in [2.05, 4.69) is 20.4 Å². The Morgan fingerprint density at radius 3 is 2.58 bits per heavy atom. The summed E-state index contributed by atoms with van der Waals surface area (Å²) in [6.45, 7) is 3.82. The Kier molecular flexibility index (Phi) is 4.33. The first-order chi connectivity index (χ1) is 11.5. The van der Waals surface area contributed by atoms with Gasteiger partial charge in [-0.25, -0.2) is 19.0 Å². The van der Waals surface area contributed by atoms with Crippen molar-refractivity contribution in [3.63, 3.8) is 0 Å². The van der Waals surface area contributed by atoms with E-state index >= 15 is 0 Å². The predicted octanol–water partition coefficient (Wildman–Crippen LogP) is 2.60. The highest BCUT2D eigenvalue weighted by atomic mass is 19.1. The van der Waals surface area contributed by atoms with Gasteiger partial charge in [0.15, 0.2) is 5.82 Å². The van der Waals surface area contributed by atoms with Crippen LogP contribution in [0, 0.1) is 19.7 Å². The number of carbonyl (C=O) groups is 1. The van der Waals surface area contributed by atoms with Crippen molar-refractivity contribution in [3.8, 4) is 5.82 Å². The number of nitrogens with zero attached hydrogens (tertiary/aromatic N) is 4. The van der Waals surface area contributed by atoms with Crippen LogP contribution in [0.3, 0.4) is 0 Å². The van der Waals surface area contributed by atoms with Crippen molar-refractivity contribution in [1.82, 2.24) is 19.7 Å². The number of benzene rings is 1. The van der Waals surface area contributed by atoms with Crippen LogP contribution in [0.25, 0.3) is 5.82 Å². The molecule has 0 saturated carbocycles. The molecule has 0 bridgehead atoms. The molecule has 0 aliphatic heterocycles. The minimum Gasteiger partial charge on any atom is -0.310 e. The van der Waals surface area contributed by atoms with Crippen LogP contribution in [0.5, 0.6) is 0 Å². The second kappa shape index (κ2) is 6.57. The van der Waals surface area contributed by atoms with Crippen molar-refractivity contribution < 1.29 is 9.18 Å². The SMILES string of the molecule is Cc1cc(C)n(-c2cc(NC(=O)Cc3ccc(F)cc3)ncn2)n1. The first-order valence-electron chi connectivity index (χ1n) is 7.41. The predicted molar refractivity (Wildman–Crippen MR) is 87.4 cm³/mol. The fourth-order valence-corrected chi connectivity index (χ4v) is 2.37. The molecule has 1 amide bonds. The van der Waals surface area contributed by atoms with Crippen molar-refractivity contribution in [1.29, 1.82) is 0 Å². The monoisotopic (exact) mass is 325 g/mol. The lowest BCUT2D eigenvalue weighted by molar-refractivity contribution is -0.115. The van der Waals surface area contributed by atoms with Gasteiger partial charge < -0.3 is 5.32 Å². The average Bonchev–Trinajstić information content (AvgIpc) is 2.88. The molecular weight excluding hydrogens is 309 g/mol. The highest BCUT2D eigenvalue weighted by Gasteiger charge is 2.09. The largest absolute Gasteiger partial charge is 0.310 e. The van der Waals surface area contributed by atoms with Gasteiger partial charge in [-0.15, -0.1) is 0 Å². The van der Waals surface area contributed by atoms with E-state index in [0.717, 1.165) is 17.0 Å². The molecule has 7 heteroatoms. The Bertz CT molecular complexity index is 873. The van der Waals surface area contributed by atoms with E-state index < -0.39 is 0 Å². The second-order valence-corrected chi connectivity index (χ2v) is 5.45. The summed E-state index contributed by atoms with van der Waals surface area (Å²) in [7, 11) is 0. The average molecular weight is 325 g/mol. The summed E-state index contributed by atoms with van der Waals surface area (Å²) in [4.78, 5) is 20.3. The molecular formula is C17H16FN5O. The number of halogens is 1. The highest BCUT2D eigenvalue weighted by Crippen LogP contribution is 2.13. The Balaban J connectivity index is 1.73. The maximum Gasteiger partial charge on any atom is 0.229 e. The maximum atomic E-state index is 12.9. The first-order valence-corrected chi connectivity index (χ1v) is 7.41. The van der Waals surface area contributed by atoms with Crippen molar-refractivity contribution in [2.45, 2.75) is 20.3 Å². The normalized spacial score (nSPS) is 10.6. The van der Waals surface area contributed by atoms with Gasteiger partial charge in [-0.05, 0) is 37.6 Å². The van der Waals surface area contributed by atoms with E-state index in [0.29, 0.717) is 11.6 Å². The lowest BCUT2D eigenvalue weighted by Crippen LogP contribution is -2.16. The van der Waals surface area contributed by atoms with Crippen LogP contribution >= 0.6 is 0 Å². The molecule has 0 radical (unpaired) electrons. The summed E-state index contributed by atoms with van der Waals surface area (Å²) in [5.41, 5.74) is 2.55. The summed E-state index contributed by atoms with van der Waals surface area (Å²) in [6.07, 6.45) is 1.51. The van der Waals surface area contributed by atoms with Gasteiger partial charge in [0.05, 0.1) is 12.1 Å². The fraction of sp³-hybridized carbons (Fsp3) is 0.176. The van der Waals surface area contributed by atoms with Crippen LogP contribution in [0.1, 0.15) is 17.0 Å². The van der Waals surface area contributed by atoms with E-state index in [4.69, 9.17) is 0 Å². The summed E-state index contributed by atoms with van der Waals surface area (Å²) < 4.78 is 14.6. The minimum atomic E-state index is -0.329. The number of hydrogen-bond acceptors (Lipinski definition) is 4. The quantitative estimate of drug-likeness (QED) is 0.800. The van der Waals surface area contributed by atoms with Crippen molar-refractivity contribution in [2.75, 3.05) is 5.32 Å². The van der Waals surface area contributed by atoms with Gasteiger partial charge in [-0.1, -0.05) is 12.1 Å². The number of anilines is 1. The Hall–Kier alpha value is -3.09. The van der Waals surface area contributed by atoms with E-state index in [1.54, 1.807) is 22.9 Å². The molecule has 1 N–H and O–H groups in total. The molecule has 2 heterocycles. The van der Waals surface area contributed by atoms with Crippen LogP contribution in [-0.4, -0.2) is 25.7 Å². The molecule has 2 aromatic heterocycles. The Labute approximate surface area is 138 Å². The lowest BCUT2D eigenvalue weighted by atomic mass is 10.1. The molecule has 0 unspecified atom stereocenters. The molecule has 0 fully saturated rings. The lowest BCUT2D eigenvalue weighted by Gasteiger charge is -2.07. The number of amides is 1. The zero-order valence-corrected chi connectivity index (χ0v) is 13.3. The molecule has 0 saturated heterocycles. The Morgan fingerprint density at radius 1 is 1.17 bits per heavy atom. The van der Waals surface area contributed by atoms with Gasteiger partial charge >= 0.3 is 0 Å². The molecule has 0 aliphatic rings. The van der Waals surface area contributed by atoms with Gasteiger partial charge in [0, 0.05) is 11.8 Å². The zero-order chi connectivity index (χ0) is 17.1. The number of rotatable bonds is 4. The Morgan fingerprint density at radius 2 is 1.92 bits per heavy atom. The molecule has 1 aromatic carbocycles. The molecule has 6 nitrogen and oxygen atoms in total. The number of aryl methyl sites for hydroxylation is 2. The summed E-state index contributed by atoms with van der Waals surface area (Å²) in [5.74, 6) is 0.399. The van der Waals surface area contributed by atoms with E-state index in [-0.39, 0.29) is 18.1 Å². The van der Waals surface area contributed by atoms with Gasteiger partial charge in [-0.2, -0.15) is 5.10 Å². The third-order valence-corrected chi connectivity index (χ3v) is 3.42. The van der Waals surface area contributed by atoms with E-state index in [9.17, 15) is 9.18 Å². The van der Waals surface area contributed by atoms with Gasteiger partial charge in [0.25, 0.3) is 0 Å². The third-order valence-electron chi connectivity index (χ3n) is 3.42. The highest BCUT2D eigenvalue weighted by molar-refractivity contribution is 5.91. The van der Waals surface area contributed by atoms with Crippen LogP contribution in [0.15, 0.2) is 42.7 Å². The van der Waals surface area contributed by atoms with Gasteiger partial charge in [-0.3, -0.25) is 4.79 Å². The number of hydrogen-bond donors (Lipinski definition) is 1. The molecule has 0 atom stereocenters. The summed E-state index contributed by atoms with van der Waals surface area (Å²) in [6, 6.07) is 9.41. The minimum absolute atomic E-state index is 0.138. The molecule has 0 aliphatic carbocycles. The van der Waals surface area contributed by atoms with E-state index in [1.807, 2.05) is 19.9 Å². The smallest absolute Gasteiger partial charge is 0.229 e. The molecule has 122 valence electrons. The number of nitrogens with one attached hydrogen (secondary N) is 1. The molecule has 0 spiro atoms. The summed E-state index contributed by atoms with van der Waals surface area (Å²) in [5, 5.41) is 7.07. The van der Waals surface area contributed by atoms with Crippen LogP contribution in [0.4, 0.5) is 10.2 Å². The molecule has 3 aromatic rings. The number of carbonyl (C=O) groups excluding carboxylic acids is 1. The fourth-order valence-electron chi connectivity index (χ4n) is 2.37. The van der Waals surface area contributed by atoms with Crippen molar-refractivity contribution in [3.05, 3.63) is 65.5 Å². The second-order valence-electron chi connectivity index (χ2n) is 5.45. The standard InChI is InChI=1S/C17H16FN5O/c1-11-7-12(2)23(22-11)16-9-15(19-10-20-16)21-17(24)8-13-3-5-14(18)6-4-13/h3-7,9-10H,8H2,1-2H3,(H,19,20,21,24).